The molecular weight excluding hydrogens is 280 g/mol. The van der Waals surface area contributed by atoms with Crippen molar-refractivity contribution in [1.29, 1.82) is 0 Å². The van der Waals surface area contributed by atoms with E-state index in [0.29, 0.717) is 22.4 Å². The van der Waals surface area contributed by atoms with Gasteiger partial charge in [0, 0.05) is 5.69 Å². The van der Waals surface area contributed by atoms with Gasteiger partial charge >= 0.3 is 0 Å². The number of amides is 1. The van der Waals surface area contributed by atoms with Crippen LogP contribution in [0, 0.1) is 0 Å². The van der Waals surface area contributed by atoms with Gasteiger partial charge in [-0.15, -0.1) is 0 Å². The summed E-state index contributed by atoms with van der Waals surface area (Å²) in [5.74, 6) is -0.336. The summed E-state index contributed by atoms with van der Waals surface area (Å²) < 4.78 is 0. The van der Waals surface area contributed by atoms with E-state index in [1.165, 1.54) is 6.33 Å². The van der Waals surface area contributed by atoms with Crippen LogP contribution in [0.25, 0.3) is 11.2 Å². The molecule has 0 fully saturated rings. The molecule has 0 aliphatic rings. The van der Waals surface area contributed by atoms with Crippen molar-refractivity contribution in [1.82, 2.24) is 19.9 Å². The second-order valence-electron chi connectivity index (χ2n) is 3.98. The number of fused-ring (bicyclic) bond motifs is 1. The number of nitrogens with one attached hydrogen (secondary N) is 2. The zero-order chi connectivity index (χ0) is 14.1. The second-order valence-corrected chi connectivity index (χ2v) is 4.34. The predicted octanol–water partition coefficient (Wildman–Crippen LogP) is 1.84. The molecule has 2 aromatic heterocycles. The van der Waals surface area contributed by atoms with Crippen molar-refractivity contribution >= 4 is 40.3 Å². The maximum atomic E-state index is 12.1. The van der Waals surface area contributed by atoms with Crippen molar-refractivity contribution < 1.29 is 4.79 Å². The molecule has 0 radical (unpaired) electrons. The summed E-state index contributed by atoms with van der Waals surface area (Å²) in [5.41, 5.74) is 7.34. The first-order valence-corrected chi connectivity index (χ1v) is 6.05. The van der Waals surface area contributed by atoms with E-state index in [-0.39, 0.29) is 11.1 Å². The highest BCUT2D eigenvalue weighted by Crippen LogP contribution is 2.19. The number of nitrogen functional groups attached to an aromatic ring is 1. The number of nitrogens with two attached hydrogens (primary N) is 1. The van der Waals surface area contributed by atoms with Crippen molar-refractivity contribution in [2.45, 2.75) is 0 Å². The van der Waals surface area contributed by atoms with E-state index < -0.39 is 5.91 Å². The molecule has 3 aromatic rings. The lowest BCUT2D eigenvalue weighted by atomic mass is 10.2. The highest BCUT2D eigenvalue weighted by Gasteiger charge is 2.13. The zero-order valence-electron chi connectivity index (χ0n) is 10.1. The lowest BCUT2D eigenvalue weighted by Gasteiger charge is -2.06. The van der Waals surface area contributed by atoms with Crippen LogP contribution in [0.4, 0.5) is 11.6 Å². The second kappa shape index (κ2) is 4.78. The van der Waals surface area contributed by atoms with Gasteiger partial charge in [0.2, 0.25) is 5.95 Å². The van der Waals surface area contributed by atoms with Crippen molar-refractivity contribution in [2.24, 2.45) is 0 Å². The highest BCUT2D eigenvalue weighted by molar-refractivity contribution is 6.33. The maximum absolute atomic E-state index is 12.1. The van der Waals surface area contributed by atoms with Gasteiger partial charge in [-0.05, 0) is 12.1 Å². The molecule has 1 amide bonds. The number of H-pyrrole nitrogens is 1. The molecule has 0 spiro atoms. The van der Waals surface area contributed by atoms with Crippen LogP contribution in [-0.2, 0) is 0 Å². The fourth-order valence-corrected chi connectivity index (χ4v) is 1.95. The number of hydrogen-bond donors (Lipinski definition) is 3. The van der Waals surface area contributed by atoms with Crippen LogP contribution >= 0.6 is 11.6 Å². The third-order valence-corrected chi connectivity index (χ3v) is 2.95. The number of nitrogens with zero attached hydrogens (tertiary/aromatic N) is 3. The first-order chi connectivity index (χ1) is 9.65. The molecule has 3 rings (SSSR count). The number of aromatic amines is 1. The number of imidazole rings is 1. The van der Waals surface area contributed by atoms with E-state index in [2.05, 4.69) is 25.3 Å². The van der Waals surface area contributed by atoms with Gasteiger partial charge < -0.3 is 10.7 Å². The lowest BCUT2D eigenvalue weighted by molar-refractivity contribution is 0.102. The van der Waals surface area contributed by atoms with Crippen LogP contribution in [0.3, 0.4) is 0 Å². The third kappa shape index (κ3) is 2.14. The largest absolute Gasteiger partial charge is 0.398 e. The molecule has 100 valence electrons. The summed E-state index contributed by atoms with van der Waals surface area (Å²) in [4.78, 5) is 26.9. The Morgan fingerprint density at radius 1 is 1.30 bits per heavy atom. The van der Waals surface area contributed by atoms with Crippen molar-refractivity contribution in [2.75, 3.05) is 11.1 Å². The van der Waals surface area contributed by atoms with Crippen molar-refractivity contribution in [3.63, 3.8) is 0 Å². The number of aromatic nitrogens is 4. The van der Waals surface area contributed by atoms with Crippen LogP contribution in [0.2, 0.25) is 5.15 Å². The van der Waals surface area contributed by atoms with Crippen LogP contribution < -0.4 is 11.1 Å². The summed E-state index contributed by atoms with van der Waals surface area (Å²) in [6, 6.07) is 6.71. The first kappa shape index (κ1) is 12.4. The van der Waals surface area contributed by atoms with Gasteiger partial charge in [-0.1, -0.05) is 23.7 Å². The summed E-state index contributed by atoms with van der Waals surface area (Å²) in [5, 5.41) is 2.73. The molecule has 8 heteroatoms. The number of hydrogen-bond acceptors (Lipinski definition) is 5. The molecule has 0 aliphatic carbocycles. The predicted molar refractivity (Wildman–Crippen MR) is 75.5 cm³/mol. The van der Waals surface area contributed by atoms with E-state index in [1.807, 2.05) is 0 Å². The van der Waals surface area contributed by atoms with Crippen LogP contribution in [0.15, 0.2) is 30.6 Å². The molecule has 0 saturated carbocycles. The van der Waals surface area contributed by atoms with E-state index in [4.69, 9.17) is 17.3 Å². The topological polar surface area (TPSA) is 110 Å². The Hall–Kier alpha value is -2.67. The van der Waals surface area contributed by atoms with Gasteiger partial charge in [0.1, 0.15) is 5.52 Å². The van der Waals surface area contributed by atoms with Crippen LogP contribution in [0.1, 0.15) is 10.4 Å². The molecular formula is C12H9ClN6O. The van der Waals surface area contributed by atoms with Gasteiger partial charge in [0.15, 0.2) is 10.8 Å². The summed E-state index contributed by atoms with van der Waals surface area (Å²) >= 11 is 5.97. The van der Waals surface area contributed by atoms with Crippen molar-refractivity contribution in [3.8, 4) is 0 Å². The SMILES string of the molecule is Nc1ccccc1C(=O)Nc1nc(Cl)c2[nH]cnc2n1. The van der Waals surface area contributed by atoms with Gasteiger partial charge in [-0.25, -0.2) is 4.98 Å². The number of para-hydroxylation sites is 1. The minimum atomic E-state index is -0.408. The van der Waals surface area contributed by atoms with Gasteiger partial charge in [0.05, 0.1) is 11.9 Å². The molecule has 1 aromatic carbocycles. The smallest absolute Gasteiger partial charge is 0.260 e. The summed E-state index contributed by atoms with van der Waals surface area (Å²) in [7, 11) is 0. The Balaban J connectivity index is 1.93. The monoisotopic (exact) mass is 288 g/mol. The minimum Gasteiger partial charge on any atom is -0.398 e. The van der Waals surface area contributed by atoms with E-state index in [0.717, 1.165) is 0 Å². The number of carbonyl (C=O) groups is 1. The summed E-state index contributed by atoms with van der Waals surface area (Å²) in [6.07, 6.45) is 1.45. The molecule has 4 N–H and O–H groups in total. The lowest BCUT2D eigenvalue weighted by Crippen LogP contribution is -2.16. The fraction of sp³-hybridized carbons (Fsp3) is 0. The van der Waals surface area contributed by atoms with Gasteiger partial charge in [0.25, 0.3) is 5.91 Å². The van der Waals surface area contributed by atoms with E-state index in [9.17, 15) is 4.79 Å². The van der Waals surface area contributed by atoms with Gasteiger partial charge in [-0.2, -0.15) is 9.97 Å². The normalized spacial score (nSPS) is 10.7. The Bertz CT molecular complexity index is 799. The zero-order valence-corrected chi connectivity index (χ0v) is 10.8. The van der Waals surface area contributed by atoms with Gasteiger partial charge in [-0.3, -0.25) is 10.1 Å². The Morgan fingerprint density at radius 3 is 2.90 bits per heavy atom. The molecule has 2 heterocycles. The minimum absolute atomic E-state index is 0.0721. The highest BCUT2D eigenvalue weighted by atomic mass is 35.5. The number of rotatable bonds is 2. The quantitative estimate of drug-likeness (QED) is 0.492. The molecule has 0 bridgehead atoms. The molecule has 0 aliphatic heterocycles. The number of carbonyl (C=O) groups excluding carboxylic acids is 1. The average molecular weight is 289 g/mol. The first-order valence-electron chi connectivity index (χ1n) is 5.67. The van der Waals surface area contributed by atoms with E-state index in [1.54, 1.807) is 24.3 Å². The third-order valence-electron chi connectivity index (χ3n) is 2.67. The fourth-order valence-electron chi connectivity index (χ4n) is 1.73. The summed E-state index contributed by atoms with van der Waals surface area (Å²) in [6.45, 7) is 0. The number of benzene rings is 1. The molecule has 7 nitrogen and oxygen atoms in total. The standard InChI is InChI=1S/C12H9ClN6O/c13-9-8-10(16-5-15-8)18-12(17-9)19-11(20)6-3-1-2-4-7(6)14/h1-5H,14H2,(H2,15,16,17,18,19,20). The number of halogens is 1. The number of anilines is 2. The molecule has 0 saturated heterocycles. The molecule has 0 unspecified atom stereocenters. The maximum Gasteiger partial charge on any atom is 0.260 e. The van der Waals surface area contributed by atoms with Crippen LogP contribution in [0.5, 0.6) is 0 Å². The van der Waals surface area contributed by atoms with E-state index >= 15 is 0 Å². The molecule has 0 atom stereocenters. The average Bonchev–Trinajstić information content (AvgIpc) is 2.88. The Kier molecular flexibility index (Phi) is 2.96. The Morgan fingerprint density at radius 2 is 2.10 bits per heavy atom. The molecule has 20 heavy (non-hydrogen) atoms. The van der Waals surface area contributed by atoms with Crippen molar-refractivity contribution in [3.05, 3.63) is 41.3 Å². The Labute approximate surface area is 118 Å². The van der Waals surface area contributed by atoms with Crippen LogP contribution in [-0.4, -0.2) is 25.8 Å².